The predicted octanol–water partition coefficient (Wildman–Crippen LogP) is 2.16. The minimum absolute atomic E-state index is 0.186. The fourth-order valence-corrected chi connectivity index (χ4v) is 3.43. The van der Waals surface area contributed by atoms with E-state index in [9.17, 15) is 0 Å². The molecule has 2 N–H and O–H groups in total. The summed E-state index contributed by atoms with van der Waals surface area (Å²) >= 11 is 7.51. The average Bonchev–Trinajstić information content (AvgIpc) is 3.07. The zero-order chi connectivity index (χ0) is 12.5. The topological polar surface area (TPSA) is 50.1 Å². The van der Waals surface area contributed by atoms with Gasteiger partial charge in [0, 0.05) is 31.0 Å². The van der Waals surface area contributed by atoms with Crippen molar-refractivity contribution in [3.8, 4) is 10.7 Å². The minimum Gasteiger partial charge on any atom is -0.395 e. The van der Waals surface area contributed by atoms with Gasteiger partial charge in [-0.2, -0.15) is 0 Å². The van der Waals surface area contributed by atoms with Crippen LogP contribution in [0.25, 0.3) is 10.7 Å². The predicted molar refractivity (Wildman–Crippen MR) is 73.1 cm³/mol. The average molecular weight is 284 g/mol. The van der Waals surface area contributed by atoms with Crippen molar-refractivity contribution in [1.29, 1.82) is 0 Å². The maximum absolute atomic E-state index is 9.17. The first-order valence-electron chi connectivity index (χ1n) is 5.90. The van der Waals surface area contributed by atoms with Gasteiger partial charge < -0.3 is 15.0 Å². The summed E-state index contributed by atoms with van der Waals surface area (Å²) in [5.41, 5.74) is 0. The minimum atomic E-state index is 0.186. The molecule has 4 nitrogen and oxygen atoms in total. The lowest BCUT2D eigenvalue weighted by Crippen LogP contribution is -2.24. The lowest BCUT2D eigenvalue weighted by molar-refractivity contribution is 0.253. The summed E-state index contributed by atoms with van der Waals surface area (Å²) in [5.74, 6) is 0.956. The van der Waals surface area contributed by atoms with Gasteiger partial charge in [0.2, 0.25) is 0 Å². The number of hydrogen-bond donors (Lipinski definition) is 2. The molecule has 18 heavy (non-hydrogen) atoms. The molecule has 0 amide bonds. The largest absolute Gasteiger partial charge is 0.395 e. The van der Waals surface area contributed by atoms with Crippen molar-refractivity contribution in [3.05, 3.63) is 28.9 Å². The Morgan fingerprint density at radius 1 is 1.56 bits per heavy atom. The van der Waals surface area contributed by atoms with Crippen LogP contribution >= 0.6 is 22.9 Å². The van der Waals surface area contributed by atoms with Crippen molar-refractivity contribution >= 4 is 22.9 Å². The van der Waals surface area contributed by atoms with Crippen LogP contribution in [0, 0.1) is 0 Å². The maximum Gasteiger partial charge on any atom is 0.150 e. The SMILES string of the molecule is OC[C@@H]1C[C@H](n2ccnc2-c2ccc(Cl)s2)CN1. The fraction of sp³-hybridized carbons (Fsp3) is 0.417. The Balaban J connectivity index is 1.88. The Kier molecular flexibility index (Phi) is 3.39. The van der Waals surface area contributed by atoms with Crippen LogP contribution < -0.4 is 5.32 Å². The molecular weight excluding hydrogens is 270 g/mol. The van der Waals surface area contributed by atoms with Crippen LogP contribution in [-0.4, -0.2) is 33.9 Å². The van der Waals surface area contributed by atoms with Crippen molar-refractivity contribution in [2.45, 2.75) is 18.5 Å². The molecule has 96 valence electrons. The molecule has 0 bridgehead atoms. The molecule has 1 aliphatic heterocycles. The summed E-state index contributed by atoms with van der Waals surface area (Å²) in [6, 6.07) is 4.43. The monoisotopic (exact) mass is 283 g/mol. The first-order chi connectivity index (χ1) is 8.78. The number of hydrogen-bond acceptors (Lipinski definition) is 4. The van der Waals surface area contributed by atoms with Gasteiger partial charge in [-0.3, -0.25) is 0 Å². The van der Waals surface area contributed by atoms with Crippen LogP contribution in [0.4, 0.5) is 0 Å². The second kappa shape index (κ2) is 5.01. The van der Waals surface area contributed by atoms with E-state index in [1.807, 2.05) is 24.5 Å². The first-order valence-corrected chi connectivity index (χ1v) is 7.10. The molecule has 2 aromatic heterocycles. The van der Waals surface area contributed by atoms with Crippen molar-refractivity contribution in [3.63, 3.8) is 0 Å². The number of rotatable bonds is 3. The quantitative estimate of drug-likeness (QED) is 0.908. The summed E-state index contributed by atoms with van der Waals surface area (Å²) in [5, 5.41) is 12.5. The van der Waals surface area contributed by atoms with Crippen LogP contribution in [0.1, 0.15) is 12.5 Å². The molecule has 2 aromatic rings. The highest BCUT2D eigenvalue weighted by atomic mass is 35.5. The van der Waals surface area contributed by atoms with E-state index in [1.165, 1.54) is 11.3 Å². The van der Waals surface area contributed by atoms with Crippen molar-refractivity contribution < 1.29 is 5.11 Å². The molecule has 0 saturated carbocycles. The van der Waals surface area contributed by atoms with Crippen molar-refractivity contribution in [2.75, 3.05) is 13.2 Å². The van der Waals surface area contributed by atoms with Gasteiger partial charge in [0.05, 0.1) is 15.8 Å². The van der Waals surface area contributed by atoms with Gasteiger partial charge >= 0.3 is 0 Å². The summed E-state index contributed by atoms with van der Waals surface area (Å²) in [6.07, 6.45) is 4.74. The molecule has 0 aromatic carbocycles. The van der Waals surface area contributed by atoms with E-state index in [1.54, 1.807) is 0 Å². The van der Waals surface area contributed by atoms with Crippen LogP contribution in [0.15, 0.2) is 24.5 Å². The van der Waals surface area contributed by atoms with Crippen molar-refractivity contribution in [1.82, 2.24) is 14.9 Å². The van der Waals surface area contributed by atoms with Gasteiger partial charge in [-0.1, -0.05) is 11.6 Å². The highest BCUT2D eigenvalue weighted by molar-refractivity contribution is 7.19. The van der Waals surface area contributed by atoms with Crippen LogP contribution in [0.3, 0.4) is 0 Å². The third-order valence-electron chi connectivity index (χ3n) is 3.27. The van der Waals surface area contributed by atoms with E-state index in [0.29, 0.717) is 6.04 Å². The highest BCUT2D eigenvalue weighted by Crippen LogP contribution is 2.32. The third-order valence-corrected chi connectivity index (χ3v) is 4.50. The lowest BCUT2D eigenvalue weighted by atomic mass is 10.2. The molecule has 0 spiro atoms. The van der Waals surface area contributed by atoms with Gasteiger partial charge in [0.25, 0.3) is 0 Å². The summed E-state index contributed by atoms with van der Waals surface area (Å²) in [7, 11) is 0. The van der Waals surface area contributed by atoms with Gasteiger partial charge in [0.15, 0.2) is 0 Å². The highest BCUT2D eigenvalue weighted by Gasteiger charge is 2.26. The summed E-state index contributed by atoms with van der Waals surface area (Å²) < 4.78 is 2.95. The van der Waals surface area contributed by atoms with Crippen LogP contribution in [0.2, 0.25) is 4.34 Å². The molecule has 0 radical (unpaired) electrons. The molecule has 0 unspecified atom stereocenters. The van der Waals surface area contributed by atoms with Gasteiger partial charge in [-0.15, -0.1) is 11.3 Å². The number of aromatic nitrogens is 2. The molecule has 1 aliphatic rings. The Bertz CT molecular complexity index is 539. The van der Waals surface area contributed by atoms with E-state index in [2.05, 4.69) is 14.9 Å². The number of nitrogens with one attached hydrogen (secondary N) is 1. The number of aliphatic hydroxyl groups is 1. The molecule has 0 aliphatic carbocycles. The molecule has 3 heterocycles. The van der Waals surface area contributed by atoms with Gasteiger partial charge in [-0.25, -0.2) is 4.98 Å². The Morgan fingerprint density at radius 3 is 3.11 bits per heavy atom. The lowest BCUT2D eigenvalue weighted by Gasteiger charge is -2.13. The number of nitrogens with zero attached hydrogens (tertiary/aromatic N) is 2. The van der Waals surface area contributed by atoms with E-state index >= 15 is 0 Å². The Labute approximate surface area is 114 Å². The standard InChI is InChI=1S/C12H14ClN3OS/c13-11-2-1-10(18-11)12-14-3-4-16(12)9-5-8(7-17)15-6-9/h1-4,8-9,15,17H,5-7H2/t8-,9-/m0/s1. The maximum atomic E-state index is 9.17. The summed E-state index contributed by atoms with van der Waals surface area (Å²) in [4.78, 5) is 5.50. The Morgan fingerprint density at radius 2 is 2.44 bits per heavy atom. The van der Waals surface area contributed by atoms with E-state index in [4.69, 9.17) is 16.7 Å². The number of halogens is 1. The molecule has 6 heteroatoms. The summed E-state index contributed by atoms with van der Waals surface area (Å²) in [6.45, 7) is 1.05. The second-order valence-corrected chi connectivity index (χ2v) is 6.15. The van der Waals surface area contributed by atoms with Crippen LogP contribution in [-0.2, 0) is 0 Å². The molecule has 1 fully saturated rings. The van der Waals surface area contributed by atoms with E-state index < -0.39 is 0 Å². The molecule has 3 rings (SSSR count). The van der Waals surface area contributed by atoms with Crippen LogP contribution in [0.5, 0.6) is 0 Å². The zero-order valence-corrected chi connectivity index (χ0v) is 11.3. The molecular formula is C12H14ClN3OS. The smallest absolute Gasteiger partial charge is 0.150 e. The Hall–Kier alpha value is -0.880. The van der Waals surface area contributed by atoms with E-state index in [-0.39, 0.29) is 12.6 Å². The number of imidazole rings is 1. The number of aliphatic hydroxyl groups excluding tert-OH is 1. The normalized spacial score (nSPS) is 23.7. The number of thiophene rings is 1. The fourth-order valence-electron chi connectivity index (χ4n) is 2.38. The second-order valence-electron chi connectivity index (χ2n) is 4.44. The van der Waals surface area contributed by atoms with Crippen molar-refractivity contribution in [2.24, 2.45) is 0 Å². The zero-order valence-electron chi connectivity index (χ0n) is 9.71. The molecule has 2 atom stereocenters. The van der Waals surface area contributed by atoms with Gasteiger partial charge in [0.1, 0.15) is 5.82 Å². The molecule has 1 saturated heterocycles. The van der Waals surface area contributed by atoms with Gasteiger partial charge in [-0.05, 0) is 18.6 Å². The third kappa shape index (κ3) is 2.19. The van der Waals surface area contributed by atoms with E-state index in [0.717, 1.165) is 28.0 Å². The first kappa shape index (κ1) is 12.2.